The Hall–Kier alpha value is -2.30. The molecule has 1 aliphatic carbocycles. The lowest BCUT2D eigenvalue weighted by Gasteiger charge is -2.52. The third-order valence-corrected chi connectivity index (χ3v) is 6.71. The Kier molecular flexibility index (Phi) is 4.15. The Morgan fingerprint density at radius 1 is 0.538 bits per heavy atom. The Balaban J connectivity index is 1.66. The predicted molar refractivity (Wildman–Crippen MR) is 108 cm³/mol. The van der Waals surface area contributed by atoms with Crippen LogP contribution in [0.3, 0.4) is 0 Å². The Morgan fingerprint density at radius 3 is 1.31 bits per heavy atom. The highest BCUT2D eigenvalue weighted by atomic mass is 32.1. The molecule has 0 atom stereocenters. The second-order valence-electron chi connectivity index (χ2n) is 6.75. The zero-order chi connectivity index (χ0) is 17.3. The molecule has 1 aliphatic rings. The summed E-state index contributed by atoms with van der Waals surface area (Å²) < 4.78 is 0. The molecule has 2 aromatic heterocycles. The maximum absolute atomic E-state index is 4.71. The second-order valence-corrected chi connectivity index (χ2v) is 8.19. The van der Waals surface area contributed by atoms with Crippen LogP contribution in [-0.4, -0.2) is 9.97 Å². The van der Waals surface area contributed by atoms with E-state index in [1.807, 2.05) is 11.0 Å². The molecule has 1 fully saturated rings. The third kappa shape index (κ3) is 2.61. The number of aromatic nitrogens is 2. The summed E-state index contributed by atoms with van der Waals surface area (Å²) in [6.45, 7) is 0. The first-order valence-corrected chi connectivity index (χ1v) is 10.7. The largest absolute Gasteiger partial charge is 0.249 e. The number of nitrogens with zero attached hydrogens (tertiary/aromatic N) is 2. The SMILES string of the molecule is c1ccc(C2C(c3cscn3)C(c3ccccc3)C2c2cscn2)cc1. The zero-order valence-electron chi connectivity index (χ0n) is 14.1. The van der Waals surface area contributed by atoms with Crippen LogP contribution in [0.2, 0.25) is 0 Å². The molecule has 128 valence electrons. The molecule has 1 saturated carbocycles. The summed E-state index contributed by atoms with van der Waals surface area (Å²) >= 11 is 3.37. The van der Waals surface area contributed by atoms with Gasteiger partial charge in [0.15, 0.2) is 0 Å². The molecular formula is C22H18N2S2. The lowest BCUT2D eigenvalue weighted by molar-refractivity contribution is 0.221. The molecule has 0 unspecified atom stereocenters. The Labute approximate surface area is 161 Å². The van der Waals surface area contributed by atoms with Gasteiger partial charge < -0.3 is 0 Å². The van der Waals surface area contributed by atoms with E-state index >= 15 is 0 Å². The fourth-order valence-corrected chi connectivity index (χ4v) is 5.64. The van der Waals surface area contributed by atoms with Gasteiger partial charge in [0.25, 0.3) is 0 Å². The molecule has 2 aromatic carbocycles. The van der Waals surface area contributed by atoms with E-state index in [0.29, 0.717) is 23.7 Å². The van der Waals surface area contributed by atoms with Gasteiger partial charge in [0.1, 0.15) is 0 Å². The summed E-state index contributed by atoms with van der Waals surface area (Å²) in [6, 6.07) is 21.8. The van der Waals surface area contributed by atoms with Crippen molar-refractivity contribution in [1.82, 2.24) is 9.97 Å². The van der Waals surface area contributed by atoms with Gasteiger partial charge in [-0.25, -0.2) is 9.97 Å². The van der Waals surface area contributed by atoms with Crippen LogP contribution in [0.5, 0.6) is 0 Å². The zero-order valence-corrected chi connectivity index (χ0v) is 15.7. The van der Waals surface area contributed by atoms with Crippen LogP contribution in [0, 0.1) is 0 Å². The van der Waals surface area contributed by atoms with Crippen molar-refractivity contribution < 1.29 is 0 Å². The number of hydrogen-bond donors (Lipinski definition) is 0. The Morgan fingerprint density at radius 2 is 0.962 bits per heavy atom. The van der Waals surface area contributed by atoms with Crippen LogP contribution in [0.1, 0.15) is 46.2 Å². The number of thiazole rings is 2. The summed E-state index contributed by atoms with van der Waals surface area (Å²) in [7, 11) is 0. The highest BCUT2D eigenvalue weighted by molar-refractivity contribution is 7.07. The standard InChI is InChI=1S/C22H18N2S2/c1-3-7-15(8-4-1)19-21(17-11-25-13-23-17)20(16-9-5-2-6-10-16)22(19)18-12-26-14-24-18/h1-14,19-22H. The van der Waals surface area contributed by atoms with Gasteiger partial charge in [0.2, 0.25) is 0 Å². The van der Waals surface area contributed by atoms with Gasteiger partial charge in [0, 0.05) is 34.4 Å². The highest BCUT2D eigenvalue weighted by Gasteiger charge is 2.54. The van der Waals surface area contributed by atoms with Crippen molar-refractivity contribution in [3.8, 4) is 0 Å². The van der Waals surface area contributed by atoms with E-state index in [0.717, 1.165) is 0 Å². The van der Waals surface area contributed by atoms with E-state index in [-0.39, 0.29) is 0 Å². The number of benzene rings is 2. The van der Waals surface area contributed by atoms with Crippen LogP contribution in [0.25, 0.3) is 0 Å². The molecule has 26 heavy (non-hydrogen) atoms. The molecule has 0 radical (unpaired) electrons. The van der Waals surface area contributed by atoms with Gasteiger partial charge >= 0.3 is 0 Å². The Bertz CT molecular complexity index is 860. The van der Waals surface area contributed by atoms with E-state index in [9.17, 15) is 0 Å². The van der Waals surface area contributed by atoms with Crippen molar-refractivity contribution in [3.63, 3.8) is 0 Å². The first-order chi connectivity index (χ1) is 12.9. The fourth-order valence-electron chi connectivity index (χ4n) is 4.44. The van der Waals surface area contributed by atoms with Crippen molar-refractivity contribution >= 4 is 22.7 Å². The maximum atomic E-state index is 4.71. The van der Waals surface area contributed by atoms with Gasteiger partial charge in [-0.05, 0) is 11.1 Å². The minimum atomic E-state index is 0.387. The van der Waals surface area contributed by atoms with Crippen LogP contribution < -0.4 is 0 Å². The molecule has 5 rings (SSSR count). The van der Waals surface area contributed by atoms with E-state index < -0.39 is 0 Å². The first-order valence-electron chi connectivity index (χ1n) is 8.79. The van der Waals surface area contributed by atoms with Gasteiger partial charge in [0.05, 0.1) is 22.4 Å². The molecule has 0 spiro atoms. The summed E-state index contributed by atoms with van der Waals surface area (Å²) in [4.78, 5) is 9.41. The van der Waals surface area contributed by atoms with E-state index in [1.165, 1.54) is 22.5 Å². The predicted octanol–water partition coefficient (Wildman–Crippen LogP) is 6.05. The van der Waals surface area contributed by atoms with Crippen molar-refractivity contribution in [2.24, 2.45) is 0 Å². The van der Waals surface area contributed by atoms with Gasteiger partial charge in [-0.15, -0.1) is 22.7 Å². The van der Waals surface area contributed by atoms with Crippen LogP contribution in [-0.2, 0) is 0 Å². The van der Waals surface area contributed by atoms with E-state index in [1.54, 1.807) is 22.7 Å². The molecule has 0 bridgehead atoms. The van der Waals surface area contributed by atoms with Crippen molar-refractivity contribution in [2.45, 2.75) is 23.7 Å². The lowest BCUT2D eigenvalue weighted by Crippen LogP contribution is -2.40. The average Bonchev–Trinajstić information content (AvgIpc) is 3.37. The molecule has 4 aromatic rings. The summed E-state index contributed by atoms with van der Waals surface area (Å²) in [5.41, 5.74) is 9.10. The molecule has 0 saturated heterocycles. The van der Waals surface area contributed by atoms with Crippen LogP contribution in [0.4, 0.5) is 0 Å². The van der Waals surface area contributed by atoms with Crippen molar-refractivity contribution in [1.29, 1.82) is 0 Å². The quantitative estimate of drug-likeness (QED) is 0.435. The molecule has 2 heterocycles. The van der Waals surface area contributed by atoms with E-state index in [4.69, 9.17) is 9.97 Å². The summed E-state index contributed by atoms with van der Waals surface area (Å²) in [6.07, 6.45) is 0. The van der Waals surface area contributed by atoms with Crippen molar-refractivity contribution in [2.75, 3.05) is 0 Å². The van der Waals surface area contributed by atoms with Crippen LogP contribution in [0.15, 0.2) is 82.4 Å². The highest BCUT2D eigenvalue weighted by Crippen LogP contribution is 2.66. The summed E-state index contributed by atoms with van der Waals surface area (Å²) in [5.74, 6) is 1.59. The molecular weight excluding hydrogens is 356 g/mol. The van der Waals surface area contributed by atoms with Gasteiger partial charge in [-0.2, -0.15) is 0 Å². The third-order valence-electron chi connectivity index (χ3n) is 5.50. The molecule has 0 aliphatic heterocycles. The smallest absolute Gasteiger partial charge is 0.0794 e. The van der Waals surface area contributed by atoms with Crippen LogP contribution >= 0.6 is 22.7 Å². The second kappa shape index (κ2) is 6.78. The number of rotatable bonds is 4. The lowest BCUT2D eigenvalue weighted by atomic mass is 9.51. The average molecular weight is 375 g/mol. The first kappa shape index (κ1) is 15.9. The summed E-state index contributed by atoms with van der Waals surface area (Å²) in [5, 5.41) is 4.43. The molecule has 4 heteroatoms. The van der Waals surface area contributed by atoms with Crippen molar-refractivity contribution in [3.05, 3.63) is 105 Å². The maximum Gasteiger partial charge on any atom is 0.0794 e. The minimum absolute atomic E-state index is 0.387. The van der Waals surface area contributed by atoms with Gasteiger partial charge in [-0.3, -0.25) is 0 Å². The topological polar surface area (TPSA) is 25.8 Å². The monoisotopic (exact) mass is 374 g/mol. The normalized spacial score (nSPS) is 24.9. The van der Waals surface area contributed by atoms with E-state index in [2.05, 4.69) is 71.4 Å². The van der Waals surface area contributed by atoms with Gasteiger partial charge in [-0.1, -0.05) is 60.7 Å². The fraction of sp³-hybridized carbons (Fsp3) is 0.182. The molecule has 0 amide bonds. The molecule has 0 N–H and O–H groups in total. The number of hydrogen-bond acceptors (Lipinski definition) is 4. The molecule has 2 nitrogen and oxygen atoms in total. The minimum Gasteiger partial charge on any atom is -0.249 e.